The van der Waals surface area contributed by atoms with Crippen LogP contribution in [0.3, 0.4) is 0 Å². The predicted molar refractivity (Wildman–Crippen MR) is 77.0 cm³/mol. The van der Waals surface area contributed by atoms with Gasteiger partial charge in [0.05, 0.1) is 19.3 Å². The van der Waals surface area contributed by atoms with E-state index in [9.17, 15) is 5.11 Å². The van der Waals surface area contributed by atoms with Crippen LogP contribution in [0.15, 0.2) is 0 Å². The molecule has 0 aliphatic rings. The van der Waals surface area contributed by atoms with E-state index in [1.54, 1.807) is 0 Å². The van der Waals surface area contributed by atoms with Crippen molar-refractivity contribution < 1.29 is 9.84 Å². The zero-order valence-electron chi connectivity index (χ0n) is 12.8. The number of nitrogens with zero attached hydrogens (tertiary/aromatic N) is 1. The van der Waals surface area contributed by atoms with Crippen molar-refractivity contribution in [2.24, 2.45) is 0 Å². The molecule has 0 heterocycles. The third kappa shape index (κ3) is 8.86. The molecule has 18 heavy (non-hydrogen) atoms. The summed E-state index contributed by atoms with van der Waals surface area (Å²) in [5, 5.41) is 12.9. The first-order valence-electron chi connectivity index (χ1n) is 7.09. The Morgan fingerprint density at radius 3 is 2.50 bits per heavy atom. The molecule has 0 aliphatic heterocycles. The molecule has 1 unspecified atom stereocenters. The fourth-order valence-electron chi connectivity index (χ4n) is 1.64. The molecule has 0 saturated carbocycles. The van der Waals surface area contributed by atoms with Crippen LogP contribution in [-0.4, -0.2) is 61.5 Å². The fraction of sp³-hybridized carbons (Fsp3) is 1.00. The van der Waals surface area contributed by atoms with Crippen LogP contribution in [0, 0.1) is 0 Å². The van der Waals surface area contributed by atoms with Gasteiger partial charge in [-0.3, -0.25) is 0 Å². The number of likely N-dealkylation sites (N-methyl/N-ethyl adjacent to an activating group) is 1. The molecular formula is C14H32N2O2. The van der Waals surface area contributed by atoms with Crippen molar-refractivity contribution in [3.63, 3.8) is 0 Å². The van der Waals surface area contributed by atoms with Gasteiger partial charge in [0.2, 0.25) is 0 Å². The molecule has 0 aromatic heterocycles. The first-order chi connectivity index (χ1) is 8.43. The lowest BCUT2D eigenvalue weighted by atomic mass is 9.98. The minimum Gasteiger partial charge on any atom is -0.394 e. The highest BCUT2D eigenvalue weighted by molar-refractivity contribution is 4.82. The summed E-state index contributed by atoms with van der Waals surface area (Å²) in [5.41, 5.74) is -0.164. The van der Waals surface area contributed by atoms with Crippen LogP contribution in [0.2, 0.25) is 0 Å². The Labute approximate surface area is 113 Å². The molecule has 0 aliphatic carbocycles. The Balaban J connectivity index is 3.82. The third-order valence-electron chi connectivity index (χ3n) is 3.12. The van der Waals surface area contributed by atoms with E-state index >= 15 is 0 Å². The summed E-state index contributed by atoms with van der Waals surface area (Å²) < 4.78 is 5.53. The van der Waals surface area contributed by atoms with E-state index in [-0.39, 0.29) is 12.1 Å². The molecule has 0 aromatic carbocycles. The first-order valence-corrected chi connectivity index (χ1v) is 7.09. The number of ether oxygens (including phenoxy) is 1. The van der Waals surface area contributed by atoms with Crippen molar-refractivity contribution in [1.82, 2.24) is 10.2 Å². The predicted octanol–water partition coefficient (Wildman–Crippen LogP) is 1.48. The number of hydrogen-bond acceptors (Lipinski definition) is 4. The van der Waals surface area contributed by atoms with Crippen molar-refractivity contribution in [2.45, 2.75) is 52.2 Å². The Morgan fingerprint density at radius 1 is 1.33 bits per heavy atom. The Morgan fingerprint density at radius 2 is 2.00 bits per heavy atom. The average Bonchev–Trinajstić information content (AvgIpc) is 2.33. The highest BCUT2D eigenvalue weighted by Crippen LogP contribution is 2.09. The van der Waals surface area contributed by atoms with Crippen LogP contribution in [0.5, 0.6) is 0 Å². The van der Waals surface area contributed by atoms with Crippen LogP contribution in [0.1, 0.15) is 40.5 Å². The lowest BCUT2D eigenvalue weighted by Crippen LogP contribution is -2.48. The molecule has 0 saturated heterocycles. The second-order valence-corrected chi connectivity index (χ2v) is 5.62. The topological polar surface area (TPSA) is 44.7 Å². The van der Waals surface area contributed by atoms with Gasteiger partial charge in [0.15, 0.2) is 0 Å². The van der Waals surface area contributed by atoms with Crippen molar-refractivity contribution >= 4 is 0 Å². The zero-order chi connectivity index (χ0) is 14.0. The molecule has 0 amide bonds. The SMILES string of the molecule is CCCNC(C)(CO)CCN(C)CCOC(C)C. The summed E-state index contributed by atoms with van der Waals surface area (Å²) in [5.74, 6) is 0. The fourth-order valence-corrected chi connectivity index (χ4v) is 1.64. The van der Waals surface area contributed by atoms with E-state index in [1.165, 1.54) is 0 Å². The molecule has 0 fully saturated rings. The summed E-state index contributed by atoms with van der Waals surface area (Å²) >= 11 is 0. The molecule has 110 valence electrons. The number of rotatable bonds is 11. The largest absolute Gasteiger partial charge is 0.394 e. The smallest absolute Gasteiger partial charge is 0.0611 e. The minimum atomic E-state index is -0.164. The second-order valence-electron chi connectivity index (χ2n) is 5.62. The van der Waals surface area contributed by atoms with Gasteiger partial charge >= 0.3 is 0 Å². The summed E-state index contributed by atoms with van der Waals surface area (Å²) in [6, 6.07) is 0. The third-order valence-corrected chi connectivity index (χ3v) is 3.12. The first kappa shape index (κ1) is 17.8. The van der Waals surface area contributed by atoms with Crippen molar-refractivity contribution in [1.29, 1.82) is 0 Å². The average molecular weight is 260 g/mol. The number of hydrogen-bond donors (Lipinski definition) is 2. The Kier molecular flexibility index (Phi) is 9.64. The Bertz CT molecular complexity index is 200. The second kappa shape index (κ2) is 9.73. The maximum atomic E-state index is 9.47. The Hall–Kier alpha value is -0.160. The van der Waals surface area contributed by atoms with E-state index in [1.807, 2.05) is 0 Å². The van der Waals surface area contributed by atoms with Gasteiger partial charge in [0, 0.05) is 12.1 Å². The molecule has 1 atom stereocenters. The maximum absolute atomic E-state index is 9.47. The highest BCUT2D eigenvalue weighted by atomic mass is 16.5. The van der Waals surface area contributed by atoms with E-state index < -0.39 is 0 Å². The lowest BCUT2D eigenvalue weighted by molar-refractivity contribution is 0.0608. The molecule has 0 rings (SSSR count). The number of aliphatic hydroxyl groups is 1. The van der Waals surface area contributed by atoms with Gasteiger partial charge < -0.3 is 20.1 Å². The summed E-state index contributed by atoms with van der Waals surface area (Å²) in [6.45, 7) is 12.1. The number of nitrogens with one attached hydrogen (secondary N) is 1. The molecule has 0 aromatic rings. The molecule has 4 nitrogen and oxygen atoms in total. The van der Waals surface area contributed by atoms with Gasteiger partial charge in [-0.1, -0.05) is 6.92 Å². The van der Waals surface area contributed by atoms with Gasteiger partial charge in [-0.15, -0.1) is 0 Å². The summed E-state index contributed by atoms with van der Waals surface area (Å²) in [4.78, 5) is 2.25. The molecule has 4 heteroatoms. The zero-order valence-corrected chi connectivity index (χ0v) is 12.8. The highest BCUT2D eigenvalue weighted by Gasteiger charge is 2.22. The van der Waals surface area contributed by atoms with Crippen LogP contribution >= 0.6 is 0 Å². The van der Waals surface area contributed by atoms with Crippen LogP contribution in [-0.2, 0) is 4.74 Å². The van der Waals surface area contributed by atoms with Gasteiger partial charge in [0.25, 0.3) is 0 Å². The number of aliphatic hydroxyl groups excluding tert-OH is 1. The van der Waals surface area contributed by atoms with Gasteiger partial charge in [0.1, 0.15) is 0 Å². The van der Waals surface area contributed by atoms with Crippen LogP contribution < -0.4 is 5.32 Å². The van der Waals surface area contributed by atoms with Crippen LogP contribution in [0.25, 0.3) is 0 Å². The van der Waals surface area contributed by atoms with Crippen molar-refractivity contribution in [2.75, 3.05) is 39.9 Å². The maximum Gasteiger partial charge on any atom is 0.0611 e. The quantitative estimate of drug-likeness (QED) is 0.591. The minimum absolute atomic E-state index is 0.164. The molecule has 2 N–H and O–H groups in total. The lowest BCUT2D eigenvalue weighted by Gasteiger charge is -2.31. The van der Waals surface area contributed by atoms with Crippen molar-refractivity contribution in [3.05, 3.63) is 0 Å². The van der Waals surface area contributed by atoms with Gasteiger partial charge in [-0.25, -0.2) is 0 Å². The monoisotopic (exact) mass is 260 g/mol. The van der Waals surface area contributed by atoms with Gasteiger partial charge in [-0.05, 0) is 53.8 Å². The van der Waals surface area contributed by atoms with E-state index in [0.29, 0.717) is 6.10 Å². The van der Waals surface area contributed by atoms with Crippen LogP contribution in [0.4, 0.5) is 0 Å². The molecule has 0 bridgehead atoms. The van der Waals surface area contributed by atoms with E-state index in [0.717, 1.165) is 39.1 Å². The van der Waals surface area contributed by atoms with Crippen molar-refractivity contribution in [3.8, 4) is 0 Å². The van der Waals surface area contributed by atoms with E-state index in [2.05, 4.69) is 45.0 Å². The molecule has 0 spiro atoms. The summed E-state index contributed by atoms with van der Waals surface area (Å²) in [7, 11) is 2.10. The normalized spacial score (nSPS) is 15.3. The standard InChI is InChI=1S/C14H32N2O2/c1-6-8-15-14(4,12-17)7-9-16(5)10-11-18-13(2)3/h13,15,17H,6-12H2,1-5H3. The summed E-state index contributed by atoms with van der Waals surface area (Å²) in [6.07, 6.45) is 2.34. The molecule has 0 radical (unpaired) electrons. The van der Waals surface area contributed by atoms with Gasteiger partial charge in [-0.2, -0.15) is 0 Å². The molecular weight excluding hydrogens is 228 g/mol. The van der Waals surface area contributed by atoms with E-state index in [4.69, 9.17) is 4.74 Å².